The van der Waals surface area contributed by atoms with Crippen LogP contribution < -0.4 is 4.90 Å². The van der Waals surface area contributed by atoms with E-state index in [4.69, 9.17) is 4.52 Å². The number of aromatic nitrogens is 2. The fourth-order valence-corrected chi connectivity index (χ4v) is 3.91. The molecule has 0 bridgehead atoms. The van der Waals surface area contributed by atoms with Gasteiger partial charge in [-0.25, -0.2) is 0 Å². The summed E-state index contributed by atoms with van der Waals surface area (Å²) in [5.41, 5.74) is 4.51. The van der Waals surface area contributed by atoms with Crippen molar-refractivity contribution in [1.29, 1.82) is 0 Å². The van der Waals surface area contributed by atoms with Gasteiger partial charge in [-0.3, -0.25) is 4.79 Å². The van der Waals surface area contributed by atoms with Gasteiger partial charge >= 0.3 is 0 Å². The van der Waals surface area contributed by atoms with Gasteiger partial charge in [0.15, 0.2) is 0 Å². The molecular formula is C25H30N4O2. The highest BCUT2D eigenvalue weighted by Crippen LogP contribution is 2.21. The molecule has 0 aliphatic carbocycles. The number of piperidine rings is 1. The molecular weight excluding hydrogens is 388 g/mol. The van der Waals surface area contributed by atoms with E-state index in [1.165, 1.54) is 30.5 Å². The normalized spacial score (nSPS) is 13.9. The monoisotopic (exact) mass is 418 g/mol. The van der Waals surface area contributed by atoms with Gasteiger partial charge in [-0.1, -0.05) is 47.1 Å². The Kier molecular flexibility index (Phi) is 6.65. The second kappa shape index (κ2) is 9.77. The average Bonchev–Trinajstić information content (AvgIpc) is 3.28. The van der Waals surface area contributed by atoms with Crippen LogP contribution in [0.1, 0.15) is 42.7 Å². The number of anilines is 1. The Labute approximate surface area is 183 Å². The maximum absolute atomic E-state index is 12.6. The Hall–Kier alpha value is -3.15. The van der Waals surface area contributed by atoms with Gasteiger partial charge in [0.05, 0.1) is 0 Å². The highest BCUT2D eigenvalue weighted by atomic mass is 16.5. The van der Waals surface area contributed by atoms with Crippen LogP contribution in [0.2, 0.25) is 0 Å². The molecule has 1 aliphatic rings. The van der Waals surface area contributed by atoms with Crippen LogP contribution in [0, 0.1) is 6.92 Å². The highest BCUT2D eigenvalue weighted by molar-refractivity contribution is 5.76. The second-order valence-electron chi connectivity index (χ2n) is 8.34. The molecule has 3 aromatic rings. The summed E-state index contributed by atoms with van der Waals surface area (Å²) in [5, 5.41) is 4.04. The Morgan fingerprint density at radius 2 is 1.74 bits per heavy atom. The number of hydrogen-bond acceptors (Lipinski definition) is 5. The van der Waals surface area contributed by atoms with Gasteiger partial charge < -0.3 is 14.3 Å². The van der Waals surface area contributed by atoms with Crippen molar-refractivity contribution in [3.8, 4) is 11.4 Å². The lowest BCUT2D eigenvalue weighted by atomic mass is 10.1. The van der Waals surface area contributed by atoms with Crippen molar-refractivity contribution in [3.63, 3.8) is 0 Å². The Morgan fingerprint density at radius 1 is 1.03 bits per heavy atom. The number of nitrogens with zero attached hydrogens (tertiary/aromatic N) is 4. The molecule has 0 saturated carbocycles. The highest BCUT2D eigenvalue weighted by Gasteiger charge is 2.15. The summed E-state index contributed by atoms with van der Waals surface area (Å²) in [6, 6.07) is 16.6. The molecule has 6 heteroatoms. The SMILES string of the molecule is Cc1ccc(-c2noc(CCC(=O)N(C)Cc3ccc(N4CCCCC4)cc3)n2)cc1. The van der Waals surface area contributed by atoms with Crippen molar-refractivity contribution in [2.24, 2.45) is 0 Å². The van der Waals surface area contributed by atoms with Crippen molar-refractivity contribution in [3.05, 3.63) is 65.5 Å². The number of aryl methyl sites for hydroxylation is 2. The zero-order chi connectivity index (χ0) is 21.6. The van der Waals surface area contributed by atoms with Crippen LogP contribution >= 0.6 is 0 Å². The molecule has 162 valence electrons. The van der Waals surface area contributed by atoms with Crippen LogP contribution in [0.15, 0.2) is 53.1 Å². The first-order valence-corrected chi connectivity index (χ1v) is 11.1. The van der Waals surface area contributed by atoms with Crippen molar-refractivity contribution in [1.82, 2.24) is 15.0 Å². The molecule has 0 N–H and O–H groups in total. The van der Waals surface area contributed by atoms with Gasteiger partial charge in [-0.2, -0.15) is 4.98 Å². The molecule has 0 radical (unpaired) electrons. The molecule has 4 rings (SSSR count). The molecule has 2 aromatic carbocycles. The van der Waals surface area contributed by atoms with E-state index in [2.05, 4.69) is 39.3 Å². The summed E-state index contributed by atoms with van der Waals surface area (Å²) in [6.45, 7) is 4.91. The largest absolute Gasteiger partial charge is 0.372 e. The molecule has 0 atom stereocenters. The van der Waals surface area contributed by atoms with Crippen molar-refractivity contribution >= 4 is 11.6 Å². The summed E-state index contributed by atoms with van der Waals surface area (Å²) in [5.74, 6) is 1.11. The minimum absolute atomic E-state index is 0.0650. The molecule has 1 aromatic heterocycles. The summed E-state index contributed by atoms with van der Waals surface area (Å²) in [4.78, 5) is 21.2. The Bertz CT molecular complexity index is 989. The van der Waals surface area contributed by atoms with Gasteiger partial charge in [0.25, 0.3) is 0 Å². The lowest BCUT2D eigenvalue weighted by Crippen LogP contribution is -2.29. The maximum Gasteiger partial charge on any atom is 0.227 e. The van der Waals surface area contributed by atoms with E-state index in [1.54, 1.807) is 4.90 Å². The summed E-state index contributed by atoms with van der Waals surface area (Å²) < 4.78 is 5.33. The van der Waals surface area contributed by atoms with E-state index < -0.39 is 0 Å². The van der Waals surface area contributed by atoms with Gasteiger partial charge in [0, 0.05) is 50.8 Å². The molecule has 1 fully saturated rings. The van der Waals surface area contributed by atoms with Crippen LogP contribution in [0.5, 0.6) is 0 Å². The fourth-order valence-electron chi connectivity index (χ4n) is 3.91. The molecule has 0 unspecified atom stereocenters. The topological polar surface area (TPSA) is 62.5 Å². The predicted octanol–water partition coefficient (Wildman–Crippen LogP) is 4.63. The van der Waals surface area contributed by atoms with E-state index in [0.29, 0.717) is 31.1 Å². The van der Waals surface area contributed by atoms with Crippen LogP contribution in [0.3, 0.4) is 0 Å². The van der Waals surface area contributed by atoms with Gasteiger partial charge in [0.1, 0.15) is 0 Å². The third kappa shape index (κ3) is 5.51. The summed E-state index contributed by atoms with van der Waals surface area (Å²) in [7, 11) is 1.84. The fraction of sp³-hybridized carbons (Fsp3) is 0.400. The Balaban J connectivity index is 1.27. The first-order valence-electron chi connectivity index (χ1n) is 11.1. The zero-order valence-electron chi connectivity index (χ0n) is 18.4. The Morgan fingerprint density at radius 3 is 2.45 bits per heavy atom. The van der Waals surface area contributed by atoms with E-state index in [0.717, 1.165) is 24.2 Å². The smallest absolute Gasteiger partial charge is 0.227 e. The van der Waals surface area contributed by atoms with Crippen LogP contribution in [0.4, 0.5) is 5.69 Å². The minimum atomic E-state index is 0.0650. The third-order valence-electron chi connectivity index (χ3n) is 5.83. The molecule has 0 spiro atoms. The van der Waals surface area contributed by atoms with E-state index in [9.17, 15) is 4.79 Å². The minimum Gasteiger partial charge on any atom is -0.372 e. The molecule has 1 amide bonds. The van der Waals surface area contributed by atoms with E-state index in [-0.39, 0.29) is 5.91 Å². The van der Waals surface area contributed by atoms with Crippen LogP contribution in [-0.4, -0.2) is 41.1 Å². The number of rotatable bonds is 7. The molecule has 2 heterocycles. The van der Waals surface area contributed by atoms with Crippen LogP contribution in [0.25, 0.3) is 11.4 Å². The van der Waals surface area contributed by atoms with Gasteiger partial charge in [-0.15, -0.1) is 0 Å². The van der Waals surface area contributed by atoms with Crippen LogP contribution in [-0.2, 0) is 17.8 Å². The van der Waals surface area contributed by atoms with Gasteiger partial charge in [0.2, 0.25) is 17.6 Å². The lowest BCUT2D eigenvalue weighted by molar-refractivity contribution is -0.130. The first kappa shape index (κ1) is 21.1. The average molecular weight is 419 g/mol. The second-order valence-corrected chi connectivity index (χ2v) is 8.34. The predicted molar refractivity (Wildman–Crippen MR) is 122 cm³/mol. The van der Waals surface area contributed by atoms with E-state index >= 15 is 0 Å². The molecule has 1 saturated heterocycles. The zero-order valence-corrected chi connectivity index (χ0v) is 18.4. The quantitative estimate of drug-likeness (QED) is 0.560. The maximum atomic E-state index is 12.6. The summed E-state index contributed by atoms with van der Waals surface area (Å²) >= 11 is 0. The first-order chi connectivity index (χ1) is 15.1. The van der Waals surface area contributed by atoms with E-state index in [1.807, 2.05) is 38.2 Å². The number of carbonyl (C=O) groups excluding carboxylic acids is 1. The summed E-state index contributed by atoms with van der Waals surface area (Å²) in [6.07, 6.45) is 4.66. The molecule has 6 nitrogen and oxygen atoms in total. The van der Waals surface area contributed by atoms with Crippen molar-refractivity contribution in [2.45, 2.75) is 45.6 Å². The number of hydrogen-bond donors (Lipinski definition) is 0. The number of carbonyl (C=O) groups is 1. The van der Waals surface area contributed by atoms with Crippen molar-refractivity contribution in [2.75, 3.05) is 25.0 Å². The molecule has 31 heavy (non-hydrogen) atoms. The van der Waals surface area contributed by atoms with Crippen molar-refractivity contribution < 1.29 is 9.32 Å². The number of amides is 1. The standard InChI is InChI=1S/C25H30N4O2/c1-19-6-10-21(11-7-19)25-26-23(31-27-25)14-15-24(30)28(2)18-20-8-12-22(13-9-20)29-16-4-3-5-17-29/h6-13H,3-5,14-18H2,1-2H3. The molecule has 1 aliphatic heterocycles. The third-order valence-corrected chi connectivity index (χ3v) is 5.83. The number of benzene rings is 2. The van der Waals surface area contributed by atoms with Gasteiger partial charge in [-0.05, 0) is 43.9 Å². The lowest BCUT2D eigenvalue weighted by Gasteiger charge is -2.29.